The Morgan fingerprint density at radius 3 is 2.64 bits per heavy atom. The molecule has 5 heteroatoms. The Kier molecular flexibility index (Phi) is 5.77. The number of hydrogen-bond acceptors (Lipinski definition) is 3. The standard InChI is InChI=1S/C17H20N2O3/c1-13-7-9-14(10-8-13)22-12-3-2-11-18-17(21)15-5-4-6-16(20)19-15/h4-10H,2-3,11-12H2,1H3,(H,18,21)(H,19,20). The number of aromatic amines is 1. The van der Waals surface area contributed by atoms with Crippen molar-refractivity contribution in [2.45, 2.75) is 19.8 Å². The van der Waals surface area contributed by atoms with E-state index in [0.29, 0.717) is 13.2 Å². The Morgan fingerprint density at radius 1 is 1.14 bits per heavy atom. The first-order valence-electron chi connectivity index (χ1n) is 7.32. The van der Waals surface area contributed by atoms with Crippen molar-refractivity contribution in [2.75, 3.05) is 13.2 Å². The van der Waals surface area contributed by atoms with E-state index >= 15 is 0 Å². The molecule has 2 N–H and O–H groups in total. The zero-order valence-electron chi connectivity index (χ0n) is 12.6. The number of benzene rings is 1. The molecule has 0 saturated carbocycles. The van der Waals surface area contributed by atoms with Crippen LogP contribution < -0.4 is 15.6 Å². The molecule has 0 aliphatic rings. The fourth-order valence-electron chi connectivity index (χ4n) is 1.93. The van der Waals surface area contributed by atoms with E-state index in [1.54, 1.807) is 12.1 Å². The minimum absolute atomic E-state index is 0.267. The highest BCUT2D eigenvalue weighted by molar-refractivity contribution is 5.92. The summed E-state index contributed by atoms with van der Waals surface area (Å²) in [6.45, 7) is 3.19. The number of rotatable bonds is 7. The maximum atomic E-state index is 11.8. The van der Waals surface area contributed by atoms with E-state index in [2.05, 4.69) is 10.3 Å². The lowest BCUT2D eigenvalue weighted by Crippen LogP contribution is -2.27. The first-order valence-corrected chi connectivity index (χ1v) is 7.32. The number of unbranched alkanes of at least 4 members (excludes halogenated alkanes) is 1. The molecule has 1 amide bonds. The van der Waals surface area contributed by atoms with E-state index in [0.717, 1.165) is 18.6 Å². The number of ether oxygens (including phenoxy) is 1. The first kappa shape index (κ1) is 15.8. The monoisotopic (exact) mass is 300 g/mol. The van der Waals surface area contributed by atoms with Crippen LogP contribution in [0.25, 0.3) is 0 Å². The maximum absolute atomic E-state index is 11.8. The van der Waals surface area contributed by atoms with Crippen LogP contribution in [0, 0.1) is 6.92 Å². The van der Waals surface area contributed by atoms with E-state index in [9.17, 15) is 9.59 Å². The number of H-pyrrole nitrogens is 1. The van der Waals surface area contributed by atoms with Crippen molar-refractivity contribution < 1.29 is 9.53 Å². The van der Waals surface area contributed by atoms with E-state index in [-0.39, 0.29) is 17.2 Å². The van der Waals surface area contributed by atoms with Gasteiger partial charge in [-0.2, -0.15) is 0 Å². The highest BCUT2D eigenvalue weighted by atomic mass is 16.5. The third kappa shape index (κ3) is 5.09. The average Bonchev–Trinajstić information content (AvgIpc) is 2.52. The molecule has 0 bridgehead atoms. The molecule has 0 unspecified atom stereocenters. The van der Waals surface area contributed by atoms with Crippen LogP contribution in [0.2, 0.25) is 0 Å². The summed E-state index contributed by atoms with van der Waals surface area (Å²) in [6.07, 6.45) is 1.66. The van der Waals surface area contributed by atoms with E-state index in [1.807, 2.05) is 31.2 Å². The molecule has 2 rings (SSSR count). The van der Waals surface area contributed by atoms with E-state index in [4.69, 9.17) is 4.74 Å². The summed E-state index contributed by atoms with van der Waals surface area (Å²) in [4.78, 5) is 25.4. The van der Waals surface area contributed by atoms with Gasteiger partial charge < -0.3 is 15.0 Å². The number of amides is 1. The SMILES string of the molecule is Cc1ccc(OCCCCNC(=O)c2cccc(=O)[nH]2)cc1. The molecule has 5 nitrogen and oxygen atoms in total. The number of pyridine rings is 1. The highest BCUT2D eigenvalue weighted by Gasteiger charge is 2.04. The summed E-state index contributed by atoms with van der Waals surface area (Å²) in [6, 6.07) is 12.4. The third-order valence-electron chi connectivity index (χ3n) is 3.16. The molecule has 0 spiro atoms. The summed E-state index contributed by atoms with van der Waals surface area (Å²) in [5.41, 5.74) is 1.21. The van der Waals surface area contributed by atoms with Crippen molar-refractivity contribution in [3.8, 4) is 5.75 Å². The number of carbonyl (C=O) groups excluding carboxylic acids is 1. The minimum atomic E-state index is -0.279. The Balaban J connectivity index is 1.62. The predicted molar refractivity (Wildman–Crippen MR) is 85.3 cm³/mol. The lowest BCUT2D eigenvalue weighted by Gasteiger charge is -2.07. The van der Waals surface area contributed by atoms with Crippen molar-refractivity contribution >= 4 is 5.91 Å². The summed E-state index contributed by atoms with van der Waals surface area (Å²) < 4.78 is 5.61. The van der Waals surface area contributed by atoms with Crippen LogP contribution in [0.4, 0.5) is 0 Å². The molecule has 22 heavy (non-hydrogen) atoms. The van der Waals surface area contributed by atoms with Gasteiger partial charge in [-0.1, -0.05) is 23.8 Å². The van der Waals surface area contributed by atoms with Gasteiger partial charge in [-0.15, -0.1) is 0 Å². The second kappa shape index (κ2) is 8.02. The number of nitrogens with one attached hydrogen (secondary N) is 2. The lowest BCUT2D eigenvalue weighted by atomic mass is 10.2. The molecular weight excluding hydrogens is 280 g/mol. The first-order chi connectivity index (χ1) is 10.6. The second-order valence-corrected chi connectivity index (χ2v) is 5.05. The molecule has 0 aliphatic carbocycles. The van der Waals surface area contributed by atoms with Crippen LogP contribution in [-0.4, -0.2) is 24.0 Å². The summed E-state index contributed by atoms with van der Waals surface area (Å²) in [5, 5.41) is 2.77. The van der Waals surface area contributed by atoms with Gasteiger partial charge >= 0.3 is 0 Å². The molecule has 0 atom stereocenters. The summed E-state index contributed by atoms with van der Waals surface area (Å²) in [7, 11) is 0. The highest BCUT2D eigenvalue weighted by Crippen LogP contribution is 2.11. The Labute approximate surface area is 129 Å². The number of aromatic nitrogens is 1. The fourth-order valence-corrected chi connectivity index (χ4v) is 1.93. The van der Waals surface area contributed by atoms with Gasteiger partial charge in [0.1, 0.15) is 11.4 Å². The van der Waals surface area contributed by atoms with Crippen LogP contribution in [0.15, 0.2) is 47.3 Å². The summed E-state index contributed by atoms with van der Waals surface area (Å²) in [5.74, 6) is 0.591. The van der Waals surface area contributed by atoms with Gasteiger partial charge in [0.05, 0.1) is 6.61 Å². The van der Waals surface area contributed by atoms with Crippen molar-refractivity contribution in [3.63, 3.8) is 0 Å². The number of hydrogen-bond donors (Lipinski definition) is 2. The van der Waals surface area contributed by atoms with Gasteiger partial charge in [-0.05, 0) is 38.0 Å². The Morgan fingerprint density at radius 2 is 1.91 bits per heavy atom. The molecule has 1 heterocycles. The van der Waals surface area contributed by atoms with Gasteiger partial charge in [0.25, 0.3) is 5.91 Å². The minimum Gasteiger partial charge on any atom is -0.494 e. The summed E-state index contributed by atoms with van der Waals surface area (Å²) >= 11 is 0. The zero-order chi connectivity index (χ0) is 15.8. The van der Waals surface area contributed by atoms with Gasteiger partial charge in [0.15, 0.2) is 0 Å². The molecule has 0 saturated heterocycles. The third-order valence-corrected chi connectivity index (χ3v) is 3.16. The maximum Gasteiger partial charge on any atom is 0.267 e. The molecule has 1 aromatic heterocycles. The average molecular weight is 300 g/mol. The molecule has 0 radical (unpaired) electrons. The van der Waals surface area contributed by atoms with Crippen LogP contribution in [-0.2, 0) is 0 Å². The normalized spacial score (nSPS) is 10.2. The second-order valence-electron chi connectivity index (χ2n) is 5.05. The van der Waals surface area contributed by atoms with Crippen molar-refractivity contribution in [1.29, 1.82) is 0 Å². The number of aryl methyl sites for hydroxylation is 1. The van der Waals surface area contributed by atoms with E-state index in [1.165, 1.54) is 11.6 Å². The molecular formula is C17H20N2O3. The van der Waals surface area contributed by atoms with Gasteiger partial charge in [0, 0.05) is 12.6 Å². The molecule has 116 valence electrons. The Bertz CT molecular complexity index is 662. The topological polar surface area (TPSA) is 71.2 Å². The van der Waals surface area contributed by atoms with Crippen molar-refractivity contribution in [1.82, 2.24) is 10.3 Å². The predicted octanol–water partition coefficient (Wildman–Crippen LogP) is 2.27. The van der Waals surface area contributed by atoms with Crippen molar-refractivity contribution in [2.24, 2.45) is 0 Å². The van der Waals surface area contributed by atoms with Gasteiger partial charge in [0.2, 0.25) is 5.56 Å². The quantitative estimate of drug-likeness (QED) is 0.771. The molecule has 2 aromatic rings. The van der Waals surface area contributed by atoms with Crippen molar-refractivity contribution in [3.05, 3.63) is 64.1 Å². The molecule has 1 aromatic carbocycles. The van der Waals surface area contributed by atoms with Crippen LogP contribution in [0.1, 0.15) is 28.9 Å². The molecule has 0 fully saturated rings. The van der Waals surface area contributed by atoms with Crippen LogP contribution in [0.3, 0.4) is 0 Å². The zero-order valence-corrected chi connectivity index (χ0v) is 12.6. The van der Waals surface area contributed by atoms with Gasteiger partial charge in [-0.25, -0.2) is 0 Å². The Hall–Kier alpha value is -2.56. The fraction of sp³-hybridized carbons (Fsp3) is 0.294. The molecule has 0 aliphatic heterocycles. The smallest absolute Gasteiger partial charge is 0.267 e. The number of carbonyl (C=O) groups is 1. The lowest BCUT2D eigenvalue weighted by molar-refractivity contribution is 0.0947. The van der Waals surface area contributed by atoms with Crippen LogP contribution in [0.5, 0.6) is 5.75 Å². The van der Waals surface area contributed by atoms with Gasteiger partial charge in [-0.3, -0.25) is 9.59 Å². The van der Waals surface area contributed by atoms with Crippen LogP contribution >= 0.6 is 0 Å². The van der Waals surface area contributed by atoms with E-state index < -0.39 is 0 Å². The largest absolute Gasteiger partial charge is 0.494 e.